The second-order valence-corrected chi connectivity index (χ2v) is 8.84. The van der Waals surface area contributed by atoms with Crippen molar-refractivity contribution in [3.8, 4) is 11.4 Å². The average molecular weight is 406 g/mol. The van der Waals surface area contributed by atoms with E-state index in [0.717, 1.165) is 30.5 Å². The molecule has 0 radical (unpaired) electrons. The third-order valence-corrected chi connectivity index (χ3v) is 7.30. The first-order valence-electron chi connectivity index (χ1n) is 10.7. The van der Waals surface area contributed by atoms with Crippen molar-refractivity contribution in [1.82, 2.24) is 25.5 Å². The molecule has 1 fully saturated rings. The molecule has 3 atom stereocenters. The molecule has 1 saturated heterocycles. The van der Waals surface area contributed by atoms with Crippen LogP contribution < -0.4 is 0 Å². The molecule has 0 spiro atoms. The molecule has 1 aliphatic heterocycles. The number of nitrogens with one attached hydrogen (secondary N) is 1. The lowest BCUT2D eigenvalue weighted by Crippen LogP contribution is -2.63. The fourth-order valence-electron chi connectivity index (χ4n) is 5.13. The molecule has 6 heteroatoms. The highest BCUT2D eigenvalue weighted by Crippen LogP contribution is 2.52. The van der Waals surface area contributed by atoms with Crippen molar-refractivity contribution < 1.29 is 5.11 Å². The Balaban J connectivity index is 1.92. The Morgan fingerprint density at radius 2 is 2.03 bits per heavy atom. The number of aliphatic hydroxyl groups is 1. The van der Waals surface area contributed by atoms with Gasteiger partial charge in [0.05, 0.1) is 0 Å². The molecule has 2 heterocycles. The van der Waals surface area contributed by atoms with Crippen molar-refractivity contribution in [2.24, 2.45) is 0 Å². The normalized spacial score (nSPS) is 27.3. The molecule has 6 nitrogen and oxygen atoms in total. The molecular weight excluding hydrogens is 374 g/mol. The number of aromatic nitrogens is 4. The van der Waals surface area contributed by atoms with Crippen LogP contribution in [0.3, 0.4) is 0 Å². The zero-order valence-corrected chi connectivity index (χ0v) is 18.5. The maximum Gasteiger partial charge on any atom is 0.179 e. The predicted molar refractivity (Wildman–Crippen MR) is 118 cm³/mol. The third-order valence-electron chi connectivity index (χ3n) is 7.30. The lowest BCUT2D eigenvalue weighted by atomic mass is 9.58. The van der Waals surface area contributed by atoms with Gasteiger partial charge < -0.3 is 10.0 Å². The molecule has 0 aliphatic carbocycles. The molecule has 30 heavy (non-hydrogen) atoms. The Morgan fingerprint density at radius 1 is 1.23 bits per heavy atom. The van der Waals surface area contributed by atoms with E-state index in [9.17, 15) is 5.11 Å². The minimum absolute atomic E-state index is 0.0657. The standard InChI is InChI=1S/C24H31N5O/c1-6-18-11-10-16(2)21(14-18)23(4)12-13-29(5)17(3)24(23,30)20-9-7-8-19(15-20)22-25-27-28-26-22/h7-11,14-15,17,30H,6,12-13H2,1-5H3,(H,25,26,27,28)/t17?,23-,24-/m1/s1. The zero-order valence-electron chi connectivity index (χ0n) is 18.5. The van der Waals surface area contributed by atoms with E-state index in [1.54, 1.807) is 0 Å². The first-order valence-corrected chi connectivity index (χ1v) is 10.7. The van der Waals surface area contributed by atoms with Gasteiger partial charge in [0, 0.05) is 17.0 Å². The minimum Gasteiger partial charge on any atom is -0.383 e. The number of hydrogen-bond acceptors (Lipinski definition) is 5. The summed E-state index contributed by atoms with van der Waals surface area (Å²) in [4.78, 5) is 2.25. The van der Waals surface area contributed by atoms with E-state index < -0.39 is 11.0 Å². The van der Waals surface area contributed by atoms with Crippen LogP contribution in [0.5, 0.6) is 0 Å². The number of benzene rings is 2. The largest absolute Gasteiger partial charge is 0.383 e. The molecule has 1 aromatic heterocycles. The van der Waals surface area contributed by atoms with E-state index in [1.807, 2.05) is 24.3 Å². The molecule has 3 aromatic rings. The van der Waals surface area contributed by atoms with Crippen LogP contribution in [0.15, 0.2) is 42.5 Å². The van der Waals surface area contributed by atoms with Crippen LogP contribution in [0, 0.1) is 6.92 Å². The Kier molecular flexibility index (Phi) is 5.24. The molecule has 0 bridgehead atoms. The van der Waals surface area contributed by atoms with Gasteiger partial charge in [0.2, 0.25) is 0 Å². The Bertz CT molecular complexity index is 1030. The molecule has 0 amide bonds. The summed E-state index contributed by atoms with van der Waals surface area (Å²) < 4.78 is 0. The van der Waals surface area contributed by atoms with Crippen LogP contribution in [-0.4, -0.2) is 50.3 Å². The number of aryl methyl sites for hydroxylation is 2. The summed E-state index contributed by atoms with van der Waals surface area (Å²) >= 11 is 0. The van der Waals surface area contributed by atoms with Gasteiger partial charge in [0.25, 0.3) is 0 Å². The second-order valence-electron chi connectivity index (χ2n) is 8.84. The first kappa shape index (κ1) is 20.7. The Labute approximate surface area is 178 Å². The summed E-state index contributed by atoms with van der Waals surface area (Å²) in [5.41, 5.74) is 3.99. The van der Waals surface area contributed by atoms with Crippen molar-refractivity contribution in [3.05, 3.63) is 64.7 Å². The Morgan fingerprint density at radius 3 is 2.73 bits per heavy atom. The van der Waals surface area contributed by atoms with Gasteiger partial charge in [-0.05, 0) is 79.0 Å². The second kappa shape index (κ2) is 7.60. The lowest BCUT2D eigenvalue weighted by molar-refractivity contribution is -0.128. The highest BCUT2D eigenvalue weighted by atomic mass is 16.3. The van der Waals surface area contributed by atoms with Gasteiger partial charge >= 0.3 is 0 Å². The number of hydrogen-bond donors (Lipinski definition) is 2. The zero-order chi connectivity index (χ0) is 21.5. The fourth-order valence-corrected chi connectivity index (χ4v) is 5.13. The number of tetrazole rings is 1. The summed E-state index contributed by atoms with van der Waals surface area (Å²) in [7, 11) is 2.09. The van der Waals surface area contributed by atoms with Crippen molar-refractivity contribution in [1.29, 1.82) is 0 Å². The summed E-state index contributed by atoms with van der Waals surface area (Å²) in [6, 6.07) is 14.6. The summed E-state index contributed by atoms with van der Waals surface area (Å²) in [5.74, 6) is 0.600. The van der Waals surface area contributed by atoms with Crippen LogP contribution >= 0.6 is 0 Å². The summed E-state index contributed by atoms with van der Waals surface area (Å²) in [6.07, 6.45) is 1.84. The van der Waals surface area contributed by atoms with Crippen molar-refractivity contribution in [2.75, 3.05) is 13.6 Å². The number of likely N-dealkylation sites (N-methyl/N-ethyl adjacent to an activating group) is 1. The molecule has 158 valence electrons. The van der Waals surface area contributed by atoms with Gasteiger partial charge in [0.15, 0.2) is 5.82 Å². The van der Waals surface area contributed by atoms with E-state index in [2.05, 4.69) is 78.5 Å². The summed E-state index contributed by atoms with van der Waals surface area (Å²) in [6.45, 7) is 9.61. The number of rotatable bonds is 4. The van der Waals surface area contributed by atoms with Crippen LogP contribution in [0.25, 0.3) is 11.4 Å². The van der Waals surface area contributed by atoms with E-state index in [-0.39, 0.29) is 6.04 Å². The van der Waals surface area contributed by atoms with Crippen molar-refractivity contribution in [3.63, 3.8) is 0 Å². The van der Waals surface area contributed by atoms with Gasteiger partial charge in [0.1, 0.15) is 5.60 Å². The van der Waals surface area contributed by atoms with E-state index in [0.29, 0.717) is 5.82 Å². The lowest BCUT2D eigenvalue weighted by Gasteiger charge is -2.56. The van der Waals surface area contributed by atoms with Crippen molar-refractivity contribution >= 4 is 0 Å². The van der Waals surface area contributed by atoms with E-state index in [4.69, 9.17) is 0 Å². The van der Waals surface area contributed by atoms with Crippen molar-refractivity contribution in [2.45, 2.75) is 57.6 Å². The molecule has 4 rings (SSSR count). The van der Waals surface area contributed by atoms with E-state index >= 15 is 0 Å². The SMILES string of the molecule is CCc1ccc(C)c([C@@]2(C)CCN(C)C(C)[C@@]2(O)c2cccc(-c3nnn[nH]3)c2)c1. The number of nitrogens with zero attached hydrogens (tertiary/aromatic N) is 4. The number of aromatic amines is 1. The summed E-state index contributed by atoms with van der Waals surface area (Å²) in [5, 5.41) is 26.8. The maximum absolute atomic E-state index is 12.6. The quantitative estimate of drug-likeness (QED) is 0.693. The average Bonchev–Trinajstić information content (AvgIpc) is 3.30. The minimum atomic E-state index is -1.08. The third kappa shape index (κ3) is 3.06. The molecule has 2 aromatic carbocycles. The van der Waals surface area contributed by atoms with Gasteiger partial charge in [-0.15, -0.1) is 5.10 Å². The maximum atomic E-state index is 12.6. The number of likely N-dealkylation sites (tertiary alicyclic amines) is 1. The Hall–Kier alpha value is -2.57. The molecule has 1 unspecified atom stereocenters. The van der Waals surface area contributed by atoms with Crippen LogP contribution in [0.2, 0.25) is 0 Å². The molecule has 0 saturated carbocycles. The predicted octanol–water partition coefficient (Wildman–Crippen LogP) is 3.61. The van der Waals surface area contributed by atoms with Crippen LogP contribution in [0.1, 0.15) is 49.4 Å². The topological polar surface area (TPSA) is 77.9 Å². The van der Waals surface area contributed by atoms with Gasteiger partial charge in [-0.3, -0.25) is 0 Å². The molecule has 2 N–H and O–H groups in total. The van der Waals surface area contributed by atoms with Crippen LogP contribution in [0.4, 0.5) is 0 Å². The van der Waals surface area contributed by atoms with Gasteiger partial charge in [-0.1, -0.05) is 50.2 Å². The van der Waals surface area contributed by atoms with Gasteiger partial charge in [-0.2, -0.15) is 0 Å². The van der Waals surface area contributed by atoms with Crippen LogP contribution in [-0.2, 0) is 17.4 Å². The number of H-pyrrole nitrogens is 1. The smallest absolute Gasteiger partial charge is 0.179 e. The van der Waals surface area contributed by atoms with E-state index in [1.165, 1.54) is 16.7 Å². The highest BCUT2D eigenvalue weighted by Gasteiger charge is 2.56. The monoisotopic (exact) mass is 405 g/mol. The number of piperidine rings is 1. The highest BCUT2D eigenvalue weighted by molar-refractivity contribution is 5.57. The first-order chi connectivity index (χ1) is 14.3. The molecule has 1 aliphatic rings. The fraction of sp³-hybridized carbons (Fsp3) is 0.458. The van der Waals surface area contributed by atoms with Gasteiger partial charge in [-0.25, -0.2) is 5.10 Å². The molecular formula is C24H31N5O.